The summed E-state index contributed by atoms with van der Waals surface area (Å²) in [5.41, 5.74) is 3.74. The molecule has 0 aliphatic rings. The zero-order valence-corrected chi connectivity index (χ0v) is 17.6. The van der Waals surface area contributed by atoms with Crippen LogP contribution < -0.4 is 20.8 Å². The van der Waals surface area contributed by atoms with E-state index >= 15 is 0 Å². The Morgan fingerprint density at radius 3 is 2.17 bits per heavy atom. The van der Waals surface area contributed by atoms with E-state index in [1.54, 1.807) is 55.5 Å². The minimum absolute atomic E-state index is 0.0255. The lowest BCUT2D eigenvalue weighted by molar-refractivity contribution is -0.123. The lowest BCUT2D eigenvalue weighted by Gasteiger charge is -2.11. The molecule has 3 N–H and O–H groups in total. The summed E-state index contributed by atoms with van der Waals surface area (Å²) in [5.74, 6) is -0.452. The van der Waals surface area contributed by atoms with Gasteiger partial charge in [0.15, 0.2) is 6.61 Å². The second-order valence-corrected chi connectivity index (χ2v) is 6.99. The van der Waals surface area contributed by atoms with Crippen molar-refractivity contribution in [2.24, 2.45) is 5.10 Å². The first kappa shape index (κ1) is 22.1. The number of para-hydroxylation sites is 2. The van der Waals surface area contributed by atoms with Crippen molar-refractivity contribution in [2.75, 3.05) is 17.2 Å². The molecule has 0 atom stereocenters. The van der Waals surface area contributed by atoms with Gasteiger partial charge in [-0.05, 0) is 43.3 Å². The summed E-state index contributed by atoms with van der Waals surface area (Å²) in [7, 11) is 0. The lowest BCUT2D eigenvalue weighted by atomic mass is 10.2. The molecule has 0 fully saturated rings. The molecule has 8 nitrogen and oxygen atoms in total. The number of carbonyl (C=O) groups excluding carboxylic acids is 3. The maximum Gasteiger partial charge on any atom is 0.277 e. The van der Waals surface area contributed by atoms with Gasteiger partial charge in [-0.3, -0.25) is 14.4 Å². The molecule has 29 heavy (non-hydrogen) atoms. The zero-order chi connectivity index (χ0) is 21.2. The summed E-state index contributed by atoms with van der Waals surface area (Å²) in [5, 5.41) is 9.26. The molecule has 0 aromatic heterocycles. The largest absolute Gasteiger partial charge is 0.484 e. The van der Waals surface area contributed by atoms with E-state index in [9.17, 15) is 14.4 Å². The topological polar surface area (TPSA) is 109 Å². The highest BCUT2D eigenvalue weighted by atomic mass is 79.9. The maximum absolute atomic E-state index is 12.2. The Hall–Kier alpha value is -3.20. The molecule has 0 heterocycles. The van der Waals surface area contributed by atoms with Gasteiger partial charge in [-0.15, -0.1) is 0 Å². The highest BCUT2D eigenvalue weighted by molar-refractivity contribution is 9.10. The molecular weight excluding hydrogens is 440 g/mol. The first-order valence-electron chi connectivity index (χ1n) is 8.70. The molecule has 0 bridgehead atoms. The Bertz CT molecular complexity index is 913. The van der Waals surface area contributed by atoms with E-state index in [-0.39, 0.29) is 24.8 Å². The molecule has 0 saturated heterocycles. The number of anilines is 2. The smallest absolute Gasteiger partial charge is 0.277 e. The van der Waals surface area contributed by atoms with E-state index in [0.717, 1.165) is 4.47 Å². The highest BCUT2D eigenvalue weighted by Gasteiger charge is 2.09. The van der Waals surface area contributed by atoms with Crippen LogP contribution in [0.15, 0.2) is 58.1 Å². The van der Waals surface area contributed by atoms with Crippen LogP contribution in [0.25, 0.3) is 0 Å². The Labute approximate surface area is 176 Å². The average Bonchev–Trinajstić information content (AvgIpc) is 2.67. The summed E-state index contributed by atoms with van der Waals surface area (Å²) in [6, 6.07) is 13.9. The number of benzene rings is 2. The van der Waals surface area contributed by atoms with Crippen LogP contribution in [0.2, 0.25) is 0 Å². The molecule has 0 aliphatic carbocycles. The zero-order valence-electron chi connectivity index (χ0n) is 16.0. The first-order valence-corrected chi connectivity index (χ1v) is 9.49. The summed E-state index contributed by atoms with van der Waals surface area (Å²) in [6.45, 7) is 2.81. The average molecular weight is 461 g/mol. The molecule has 2 rings (SSSR count). The molecule has 2 aromatic rings. The minimum Gasteiger partial charge on any atom is -0.484 e. The van der Waals surface area contributed by atoms with Crippen LogP contribution in [0.1, 0.15) is 20.3 Å². The molecule has 0 radical (unpaired) electrons. The number of ether oxygens (including phenoxy) is 1. The van der Waals surface area contributed by atoms with E-state index in [2.05, 4.69) is 37.1 Å². The third kappa shape index (κ3) is 8.14. The number of nitrogens with zero attached hydrogens (tertiary/aromatic N) is 1. The van der Waals surface area contributed by atoms with Crippen LogP contribution in [-0.4, -0.2) is 30.0 Å². The van der Waals surface area contributed by atoms with Crippen molar-refractivity contribution in [3.63, 3.8) is 0 Å². The lowest BCUT2D eigenvalue weighted by Crippen LogP contribution is -2.26. The summed E-state index contributed by atoms with van der Waals surface area (Å²) in [4.78, 5) is 35.3. The quantitative estimate of drug-likeness (QED) is 0.414. The summed E-state index contributed by atoms with van der Waals surface area (Å²) >= 11 is 3.32. The number of hydrazone groups is 1. The van der Waals surface area contributed by atoms with Crippen LogP contribution in [0.5, 0.6) is 5.75 Å². The Morgan fingerprint density at radius 2 is 1.55 bits per heavy atom. The van der Waals surface area contributed by atoms with Crippen LogP contribution in [0, 0.1) is 0 Å². The van der Waals surface area contributed by atoms with Crippen molar-refractivity contribution >= 4 is 50.7 Å². The fourth-order valence-corrected chi connectivity index (χ4v) is 2.49. The van der Waals surface area contributed by atoms with Gasteiger partial charge in [-0.25, -0.2) is 5.43 Å². The number of hydrogen-bond acceptors (Lipinski definition) is 5. The molecule has 0 aliphatic heterocycles. The molecule has 2 aromatic carbocycles. The molecule has 0 spiro atoms. The van der Waals surface area contributed by atoms with Gasteiger partial charge in [-0.2, -0.15) is 5.10 Å². The number of amides is 3. The van der Waals surface area contributed by atoms with E-state index in [1.807, 2.05) is 0 Å². The molecular formula is C20H21BrN4O4. The van der Waals surface area contributed by atoms with Gasteiger partial charge >= 0.3 is 0 Å². The monoisotopic (exact) mass is 460 g/mol. The molecule has 9 heteroatoms. The number of halogens is 1. The van der Waals surface area contributed by atoms with E-state index in [1.165, 1.54) is 6.92 Å². The second-order valence-electron chi connectivity index (χ2n) is 6.08. The van der Waals surface area contributed by atoms with E-state index < -0.39 is 5.91 Å². The number of rotatable bonds is 8. The Morgan fingerprint density at radius 1 is 0.931 bits per heavy atom. The van der Waals surface area contributed by atoms with Crippen molar-refractivity contribution in [1.82, 2.24) is 5.43 Å². The SMILES string of the molecule is CC(=O)Nc1ccccc1NC(=O)C/C(C)=N\NC(=O)COc1ccc(Br)cc1. The summed E-state index contributed by atoms with van der Waals surface area (Å²) in [6.07, 6.45) is -0.0255. The van der Waals surface area contributed by atoms with Crippen LogP contribution in [0.3, 0.4) is 0 Å². The summed E-state index contributed by atoms with van der Waals surface area (Å²) < 4.78 is 6.25. The highest BCUT2D eigenvalue weighted by Crippen LogP contribution is 2.21. The van der Waals surface area contributed by atoms with Crippen LogP contribution in [0.4, 0.5) is 11.4 Å². The normalized spacial score (nSPS) is 10.8. The fourth-order valence-electron chi connectivity index (χ4n) is 2.23. The molecule has 0 saturated carbocycles. The van der Waals surface area contributed by atoms with Gasteiger partial charge in [0.1, 0.15) is 5.75 Å². The van der Waals surface area contributed by atoms with Crippen molar-refractivity contribution < 1.29 is 19.1 Å². The van der Waals surface area contributed by atoms with Gasteiger partial charge in [0.2, 0.25) is 11.8 Å². The molecule has 3 amide bonds. The van der Waals surface area contributed by atoms with Crippen molar-refractivity contribution in [3.8, 4) is 5.75 Å². The molecule has 0 unspecified atom stereocenters. The van der Waals surface area contributed by atoms with Crippen molar-refractivity contribution in [3.05, 3.63) is 53.0 Å². The minimum atomic E-state index is -0.441. The van der Waals surface area contributed by atoms with Crippen LogP contribution in [-0.2, 0) is 14.4 Å². The van der Waals surface area contributed by atoms with E-state index in [0.29, 0.717) is 22.8 Å². The molecule has 152 valence electrons. The Balaban J connectivity index is 1.81. The third-order valence-corrected chi connectivity index (χ3v) is 4.01. The standard InChI is InChI=1S/C20H21BrN4O4/c1-13(24-25-20(28)12-29-16-9-7-15(21)8-10-16)11-19(27)23-18-6-4-3-5-17(18)22-14(2)26/h3-10H,11-12H2,1-2H3,(H,22,26)(H,23,27)(H,25,28)/b24-13-. The fraction of sp³-hybridized carbons (Fsp3) is 0.200. The van der Waals surface area contributed by atoms with Crippen LogP contribution >= 0.6 is 15.9 Å². The number of hydrogen-bond donors (Lipinski definition) is 3. The third-order valence-electron chi connectivity index (χ3n) is 3.48. The Kier molecular flexibility index (Phi) is 8.35. The van der Waals surface area contributed by atoms with E-state index in [4.69, 9.17) is 4.74 Å². The number of carbonyl (C=O) groups is 3. The number of nitrogens with one attached hydrogen (secondary N) is 3. The second kappa shape index (κ2) is 11.0. The predicted octanol–water partition coefficient (Wildman–Crippen LogP) is 3.31. The van der Waals surface area contributed by atoms with Crippen molar-refractivity contribution in [1.29, 1.82) is 0 Å². The van der Waals surface area contributed by atoms with Gasteiger partial charge < -0.3 is 15.4 Å². The first-order chi connectivity index (χ1) is 13.8. The maximum atomic E-state index is 12.2. The van der Waals surface area contributed by atoms with Gasteiger partial charge in [0.05, 0.1) is 17.8 Å². The predicted molar refractivity (Wildman–Crippen MR) is 115 cm³/mol. The van der Waals surface area contributed by atoms with Gasteiger partial charge in [-0.1, -0.05) is 28.1 Å². The van der Waals surface area contributed by atoms with Crippen molar-refractivity contribution in [2.45, 2.75) is 20.3 Å². The van der Waals surface area contributed by atoms with Gasteiger partial charge in [0, 0.05) is 17.1 Å². The van der Waals surface area contributed by atoms with Gasteiger partial charge in [0.25, 0.3) is 5.91 Å².